The number of carbonyl (C=O) groups is 1. The number of alkyl halides is 3. The highest BCUT2D eigenvalue weighted by Crippen LogP contribution is 2.39. The molecule has 0 saturated carbocycles. The molecule has 0 spiro atoms. The number of hydrogen-bond acceptors (Lipinski definition) is 5. The standard InChI is InChI=1S/C23H17F3N4O3/c1-13-9-15(11-27)3-5-18(13)29-12-30(19-7-8-21(31)28-14(19)2)22(32)17-10-16(4-6-20(17)29)33-23(24,25)26/h3-10H,12H2,1-2H3,(H,28,31). The summed E-state index contributed by atoms with van der Waals surface area (Å²) in [6.07, 6.45) is -4.91. The Hall–Kier alpha value is -4.26. The fraction of sp³-hybridized carbons (Fsp3) is 0.174. The molecule has 0 unspecified atom stereocenters. The second-order valence-corrected chi connectivity index (χ2v) is 7.48. The molecule has 0 bridgehead atoms. The van der Waals surface area contributed by atoms with Crippen molar-refractivity contribution in [1.82, 2.24) is 4.98 Å². The maximum absolute atomic E-state index is 13.4. The molecule has 4 rings (SSSR count). The lowest BCUT2D eigenvalue weighted by Crippen LogP contribution is -2.45. The van der Waals surface area contributed by atoms with E-state index in [1.165, 1.54) is 23.1 Å². The summed E-state index contributed by atoms with van der Waals surface area (Å²) < 4.78 is 42.4. The second-order valence-electron chi connectivity index (χ2n) is 7.48. The quantitative estimate of drug-likeness (QED) is 0.629. The molecule has 0 aliphatic carbocycles. The summed E-state index contributed by atoms with van der Waals surface area (Å²) in [5, 5.41) is 9.17. The molecule has 1 aliphatic rings. The van der Waals surface area contributed by atoms with Crippen LogP contribution in [0.2, 0.25) is 0 Å². The molecule has 2 aromatic carbocycles. The number of aromatic amines is 1. The van der Waals surface area contributed by atoms with Crippen LogP contribution in [0.15, 0.2) is 53.3 Å². The van der Waals surface area contributed by atoms with Gasteiger partial charge in [0.1, 0.15) is 12.4 Å². The van der Waals surface area contributed by atoms with Crippen molar-refractivity contribution in [3.05, 3.63) is 81.3 Å². The van der Waals surface area contributed by atoms with E-state index in [-0.39, 0.29) is 17.8 Å². The van der Waals surface area contributed by atoms with Crippen molar-refractivity contribution in [3.8, 4) is 11.8 Å². The van der Waals surface area contributed by atoms with Crippen LogP contribution in [0.3, 0.4) is 0 Å². The van der Waals surface area contributed by atoms with E-state index in [0.717, 1.165) is 17.7 Å². The van der Waals surface area contributed by atoms with Gasteiger partial charge in [-0.05, 0) is 61.9 Å². The highest BCUT2D eigenvalue weighted by atomic mass is 19.4. The van der Waals surface area contributed by atoms with Crippen LogP contribution in [0.5, 0.6) is 5.75 Å². The number of amides is 1. The number of nitrogens with one attached hydrogen (secondary N) is 1. The monoisotopic (exact) mass is 454 g/mol. The number of anilines is 3. The van der Waals surface area contributed by atoms with Crippen LogP contribution in [0.1, 0.15) is 27.2 Å². The molecular weight excluding hydrogens is 437 g/mol. The van der Waals surface area contributed by atoms with Gasteiger partial charge in [0.2, 0.25) is 5.56 Å². The number of rotatable bonds is 3. The first-order chi connectivity index (χ1) is 15.6. The number of hydrogen-bond donors (Lipinski definition) is 1. The van der Waals surface area contributed by atoms with Crippen molar-refractivity contribution >= 4 is 23.0 Å². The zero-order chi connectivity index (χ0) is 23.9. The van der Waals surface area contributed by atoms with E-state index in [9.17, 15) is 28.0 Å². The number of carbonyl (C=O) groups excluding carboxylic acids is 1. The lowest BCUT2D eigenvalue weighted by molar-refractivity contribution is -0.274. The molecule has 1 aliphatic heterocycles. The summed E-state index contributed by atoms with van der Waals surface area (Å²) in [6.45, 7) is 3.45. The van der Waals surface area contributed by atoms with Crippen molar-refractivity contribution in [2.75, 3.05) is 16.5 Å². The van der Waals surface area contributed by atoms with E-state index in [4.69, 9.17) is 0 Å². The number of aryl methyl sites for hydroxylation is 2. The first kappa shape index (κ1) is 22.0. The normalized spacial score (nSPS) is 13.5. The van der Waals surface area contributed by atoms with Gasteiger partial charge in [-0.3, -0.25) is 14.5 Å². The Bertz CT molecular complexity index is 1360. The van der Waals surface area contributed by atoms with Crippen LogP contribution < -0.4 is 20.1 Å². The second kappa shape index (κ2) is 8.02. The Morgan fingerprint density at radius 3 is 2.30 bits per heavy atom. The first-order valence-electron chi connectivity index (χ1n) is 9.77. The molecule has 1 aromatic heterocycles. The molecule has 0 saturated heterocycles. The molecule has 3 aromatic rings. The van der Waals surface area contributed by atoms with Crippen molar-refractivity contribution in [2.24, 2.45) is 0 Å². The third-order valence-electron chi connectivity index (χ3n) is 5.25. The molecule has 168 valence electrons. The van der Waals surface area contributed by atoms with Gasteiger partial charge in [-0.2, -0.15) is 5.26 Å². The molecule has 0 radical (unpaired) electrons. The zero-order valence-electron chi connectivity index (χ0n) is 17.5. The Kier molecular flexibility index (Phi) is 5.33. The Morgan fingerprint density at radius 2 is 1.67 bits per heavy atom. The molecule has 1 amide bonds. The fourth-order valence-electron chi connectivity index (χ4n) is 3.83. The molecule has 0 atom stereocenters. The highest BCUT2D eigenvalue weighted by molar-refractivity contribution is 6.13. The molecule has 33 heavy (non-hydrogen) atoms. The van der Waals surface area contributed by atoms with Crippen LogP contribution in [0.4, 0.5) is 30.2 Å². The van der Waals surface area contributed by atoms with E-state index >= 15 is 0 Å². The van der Waals surface area contributed by atoms with Crippen molar-refractivity contribution in [1.29, 1.82) is 5.26 Å². The van der Waals surface area contributed by atoms with Gasteiger partial charge in [-0.1, -0.05) is 0 Å². The van der Waals surface area contributed by atoms with E-state index in [0.29, 0.717) is 28.3 Å². The van der Waals surface area contributed by atoms with Gasteiger partial charge in [0.15, 0.2) is 0 Å². The lowest BCUT2D eigenvalue weighted by atomic mass is 10.0. The van der Waals surface area contributed by atoms with E-state index in [1.807, 2.05) is 0 Å². The molecular formula is C23H17F3N4O3. The number of H-pyrrole nitrogens is 1. The van der Waals surface area contributed by atoms with E-state index in [2.05, 4.69) is 15.8 Å². The van der Waals surface area contributed by atoms with Crippen LogP contribution in [0.25, 0.3) is 0 Å². The summed E-state index contributed by atoms with van der Waals surface area (Å²) in [4.78, 5) is 30.8. The maximum atomic E-state index is 13.4. The van der Waals surface area contributed by atoms with Gasteiger partial charge in [0.25, 0.3) is 5.91 Å². The third-order valence-corrected chi connectivity index (χ3v) is 5.25. The Labute approximate surface area is 186 Å². The number of benzene rings is 2. The van der Waals surface area contributed by atoms with Gasteiger partial charge in [0, 0.05) is 17.4 Å². The maximum Gasteiger partial charge on any atom is 0.573 e. The predicted molar refractivity (Wildman–Crippen MR) is 115 cm³/mol. The van der Waals surface area contributed by atoms with Crippen LogP contribution in [-0.2, 0) is 0 Å². The van der Waals surface area contributed by atoms with Gasteiger partial charge >= 0.3 is 6.36 Å². The van der Waals surface area contributed by atoms with Gasteiger partial charge in [-0.25, -0.2) is 0 Å². The SMILES string of the molecule is Cc1cc(C#N)ccc1N1CN(c2ccc(=O)[nH]c2C)C(=O)c2cc(OC(F)(F)F)ccc21. The Balaban J connectivity index is 1.88. The minimum Gasteiger partial charge on any atom is -0.406 e. The first-order valence-corrected chi connectivity index (χ1v) is 9.77. The zero-order valence-corrected chi connectivity index (χ0v) is 17.5. The third kappa shape index (κ3) is 4.25. The average Bonchev–Trinajstić information content (AvgIpc) is 2.74. The summed E-state index contributed by atoms with van der Waals surface area (Å²) in [6, 6.07) is 13.4. The molecule has 1 N–H and O–H groups in total. The van der Waals surface area contributed by atoms with E-state index < -0.39 is 18.0 Å². The Morgan fingerprint density at radius 1 is 0.970 bits per heavy atom. The fourth-order valence-corrected chi connectivity index (χ4v) is 3.83. The van der Waals surface area contributed by atoms with Crippen molar-refractivity contribution < 1.29 is 22.7 Å². The van der Waals surface area contributed by atoms with Crippen LogP contribution in [0, 0.1) is 25.2 Å². The summed E-state index contributed by atoms with van der Waals surface area (Å²) in [7, 11) is 0. The van der Waals surface area contributed by atoms with Crippen LogP contribution in [-0.4, -0.2) is 23.9 Å². The topological polar surface area (TPSA) is 89.4 Å². The average molecular weight is 454 g/mol. The van der Waals surface area contributed by atoms with Crippen molar-refractivity contribution in [2.45, 2.75) is 20.2 Å². The number of aromatic nitrogens is 1. The molecule has 10 heteroatoms. The van der Waals surface area contributed by atoms with Crippen molar-refractivity contribution in [3.63, 3.8) is 0 Å². The summed E-state index contributed by atoms with van der Waals surface area (Å²) in [5.74, 6) is -1.07. The molecule has 2 heterocycles. The summed E-state index contributed by atoms with van der Waals surface area (Å²) in [5.41, 5.74) is 2.73. The van der Waals surface area contributed by atoms with Gasteiger partial charge < -0.3 is 14.6 Å². The molecule has 0 fully saturated rings. The smallest absolute Gasteiger partial charge is 0.406 e. The number of nitriles is 1. The number of ether oxygens (including phenoxy) is 1. The van der Waals surface area contributed by atoms with Gasteiger partial charge in [-0.15, -0.1) is 13.2 Å². The van der Waals surface area contributed by atoms with E-state index in [1.54, 1.807) is 36.9 Å². The predicted octanol–water partition coefficient (Wildman–Crippen LogP) is 4.52. The van der Waals surface area contributed by atoms with Crippen LogP contribution >= 0.6 is 0 Å². The number of halogens is 3. The minimum atomic E-state index is -4.91. The minimum absolute atomic E-state index is 0.00244. The summed E-state index contributed by atoms with van der Waals surface area (Å²) >= 11 is 0. The lowest BCUT2D eigenvalue weighted by Gasteiger charge is -2.39. The number of nitrogens with zero attached hydrogens (tertiary/aromatic N) is 3. The highest BCUT2D eigenvalue weighted by Gasteiger charge is 2.35. The van der Waals surface area contributed by atoms with Gasteiger partial charge in [0.05, 0.1) is 28.6 Å². The largest absolute Gasteiger partial charge is 0.573 e. The number of pyridine rings is 1. The number of fused-ring (bicyclic) bond motifs is 1. The molecule has 7 nitrogen and oxygen atoms in total.